The summed E-state index contributed by atoms with van der Waals surface area (Å²) in [6.07, 6.45) is 9.16. The van der Waals surface area contributed by atoms with Gasteiger partial charge in [0.15, 0.2) is 11.4 Å². The predicted octanol–water partition coefficient (Wildman–Crippen LogP) is 3.89. The molecule has 156 valence electrons. The zero-order valence-corrected chi connectivity index (χ0v) is 17.4. The summed E-state index contributed by atoms with van der Waals surface area (Å²) in [7, 11) is 0. The van der Waals surface area contributed by atoms with Gasteiger partial charge >= 0.3 is 0 Å². The number of aromatic nitrogens is 5. The molecule has 7 heteroatoms. The molecule has 3 aromatic heterocycles. The number of rotatable bonds is 7. The van der Waals surface area contributed by atoms with E-state index in [-0.39, 0.29) is 5.78 Å². The lowest BCUT2D eigenvalue weighted by molar-refractivity contribution is 0.0977. The molecule has 0 amide bonds. The highest BCUT2D eigenvalue weighted by atomic mass is 16.5. The van der Waals surface area contributed by atoms with Gasteiger partial charge in [0, 0.05) is 48.3 Å². The molecule has 1 aliphatic heterocycles. The molecule has 0 radical (unpaired) electrons. The molecule has 0 N–H and O–H groups in total. The van der Waals surface area contributed by atoms with E-state index in [1.165, 1.54) is 11.1 Å². The van der Waals surface area contributed by atoms with Crippen LogP contribution < -0.4 is 4.74 Å². The monoisotopic (exact) mass is 413 g/mol. The summed E-state index contributed by atoms with van der Waals surface area (Å²) < 4.78 is 7.62. The molecule has 31 heavy (non-hydrogen) atoms. The molecule has 7 nitrogen and oxygen atoms in total. The number of hydrogen-bond donors (Lipinski definition) is 0. The number of carbonyl (C=O) groups is 1. The normalized spacial score (nSPS) is 12.7. The van der Waals surface area contributed by atoms with Gasteiger partial charge in [0.05, 0.1) is 6.61 Å². The third kappa shape index (κ3) is 3.67. The number of ether oxygens (including phenoxy) is 1. The lowest BCUT2D eigenvalue weighted by atomic mass is 10.0. The number of benzene rings is 1. The first-order valence-corrected chi connectivity index (χ1v) is 10.7. The van der Waals surface area contributed by atoms with E-state index in [1.54, 1.807) is 18.6 Å². The van der Waals surface area contributed by atoms with Gasteiger partial charge in [-0.25, -0.2) is 4.98 Å². The highest BCUT2D eigenvalue weighted by Crippen LogP contribution is 2.29. The fourth-order valence-electron chi connectivity index (χ4n) is 4.10. The van der Waals surface area contributed by atoms with E-state index in [4.69, 9.17) is 9.72 Å². The molecular formula is C24H23N5O2. The van der Waals surface area contributed by atoms with Crippen LogP contribution in [0.3, 0.4) is 0 Å². The Kier molecular flexibility index (Phi) is 5.16. The van der Waals surface area contributed by atoms with Gasteiger partial charge in [-0.1, -0.05) is 25.1 Å². The lowest BCUT2D eigenvalue weighted by Crippen LogP contribution is -2.05. The minimum Gasteiger partial charge on any atom is -0.493 e. The van der Waals surface area contributed by atoms with Crippen LogP contribution in [0.5, 0.6) is 5.75 Å². The van der Waals surface area contributed by atoms with Crippen molar-refractivity contribution in [2.75, 3.05) is 6.61 Å². The highest BCUT2D eigenvalue weighted by Gasteiger charge is 2.17. The fraction of sp³-hybridized carbons (Fsp3) is 0.292. The third-order valence-corrected chi connectivity index (χ3v) is 5.70. The maximum Gasteiger partial charge on any atom is 0.181 e. The van der Waals surface area contributed by atoms with Gasteiger partial charge in [-0.3, -0.25) is 14.2 Å². The molecule has 0 fully saturated rings. The number of fused-ring (bicyclic) bond motifs is 2. The number of hydrogen-bond acceptors (Lipinski definition) is 6. The first kappa shape index (κ1) is 19.4. The Morgan fingerprint density at radius 2 is 2.06 bits per heavy atom. The summed E-state index contributed by atoms with van der Waals surface area (Å²) in [6, 6.07) is 9.91. The van der Waals surface area contributed by atoms with Gasteiger partial charge < -0.3 is 4.74 Å². The van der Waals surface area contributed by atoms with Crippen molar-refractivity contribution < 1.29 is 9.53 Å². The van der Waals surface area contributed by atoms with E-state index in [1.807, 2.05) is 35.7 Å². The molecule has 4 heterocycles. The average Bonchev–Trinajstić information content (AvgIpc) is 3.48. The number of carbonyl (C=O) groups excluding carboxylic acids is 1. The van der Waals surface area contributed by atoms with E-state index in [0.717, 1.165) is 60.6 Å². The van der Waals surface area contributed by atoms with Crippen molar-refractivity contribution in [3.63, 3.8) is 0 Å². The van der Waals surface area contributed by atoms with Crippen LogP contribution in [0, 0.1) is 0 Å². The topological polar surface area (TPSA) is 82.3 Å². The Labute approximate surface area is 180 Å². The van der Waals surface area contributed by atoms with Crippen LogP contribution in [0.15, 0.2) is 49.1 Å². The second-order valence-electron chi connectivity index (χ2n) is 7.71. The van der Waals surface area contributed by atoms with Crippen molar-refractivity contribution in [1.29, 1.82) is 0 Å². The molecule has 0 bridgehead atoms. The lowest BCUT2D eigenvalue weighted by Gasteiger charge is -2.10. The summed E-state index contributed by atoms with van der Waals surface area (Å²) in [5.41, 5.74) is 5.55. The molecule has 0 unspecified atom stereocenters. The molecule has 0 spiro atoms. The zero-order chi connectivity index (χ0) is 21.2. The van der Waals surface area contributed by atoms with Crippen molar-refractivity contribution in [2.24, 2.45) is 0 Å². The second kappa shape index (κ2) is 8.26. The number of aryl methyl sites for hydroxylation is 2. The summed E-state index contributed by atoms with van der Waals surface area (Å²) >= 11 is 0. The maximum absolute atomic E-state index is 12.1. The summed E-state index contributed by atoms with van der Waals surface area (Å²) in [6.45, 7) is 2.74. The first-order valence-electron chi connectivity index (χ1n) is 10.7. The Hall–Kier alpha value is -3.61. The summed E-state index contributed by atoms with van der Waals surface area (Å²) in [5.74, 6) is 1.97. The van der Waals surface area contributed by atoms with Crippen LogP contribution in [0.2, 0.25) is 0 Å². The molecule has 1 aromatic carbocycles. The molecular weight excluding hydrogens is 390 g/mol. The number of nitrogens with zero attached hydrogens (tertiary/aromatic N) is 5. The van der Waals surface area contributed by atoms with E-state index < -0.39 is 0 Å². The SMILES string of the molecule is CCCC(=O)c1ccc(-c2cnc(CCc3cccc4c3CCO4)n3cnnc23)cn1. The van der Waals surface area contributed by atoms with Gasteiger partial charge in [0.2, 0.25) is 0 Å². The van der Waals surface area contributed by atoms with Crippen molar-refractivity contribution in [1.82, 2.24) is 24.6 Å². The van der Waals surface area contributed by atoms with E-state index >= 15 is 0 Å². The molecule has 4 aromatic rings. The quantitative estimate of drug-likeness (QED) is 0.428. The minimum atomic E-state index is 0.0629. The van der Waals surface area contributed by atoms with E-state index in [9.17, 15) is 4.79 Å². The van der Waals surface area contributed by atoms with Gasteiger partial charge in [-0.2, -0.15) is 0 Å². The zero-order valence-electron chi connectivity index (χ0n) is 17.4. The van der Waals surface area contributed by atoms with E-state index in [0.29, 0.717) is 12.1 Å². The summed E-state index contributed by atoms with van der Waals surface area (Å²) in [5, 5.41) is 8.42. The Bertz CT molecular complexity index is 1250. The van der Waals surface area contributed by atoms with Crippen molar-refractivity contribution in [2.45, 2.75) is 39.0 Å². The molecule has 0 aliphatic carbocycles. The fourth-order valence-corrected chi connectivity index (χ4v) is 4.10. The Balaban J connectivity index is 1.41. The van der Waals surface area contributed by atoms with Crippen LogP contribution in [0.25, 0.3) is 16.8 Å². The number of pyridine rings is 1. The van der Waals surface area contributed by atoms with Gasteiger partial charge in [-0.05, 0) is 30.5 Å². The van der Waals surface area contributed by atoms with E-state index in [2.05, 4.69) is 21.2 Å². The Morgan fingerprint density at radius 1 is 1.13 bits per heavy atom. The third-order valence-electron chi connectivity index (χ3n) is 5.70. The molecule has 0 atom stereocenters. The van der Waals surface area contributed by atoms with Crippen LogP contribution in [0.4, 0.5) is 0 Å². The second-order valence-corrected chi connectivity index (χ2v) is 7.71. The smallest absolute Gasteiger partial charge is 0.181 e. The standard InChI is InChI=1S/C24H23N5O2/c1-2-4-21(30)20-9-7-17(13-25-20)19-14-26-23(29-15-27-28-24(19)29)10-8-16-5-3-6-22-18(16)11-12-31-22/h3,5-7,9,13-15H,2,4,8,10-12H2,1H3. The maximum atomic E-state index is 12.1. The Morgan fingerprint density at radius 3 is 2.90 bits per heavy atom. The van der Waals surface area contributed by atoms with Crippen LogP contribution in [-0.4, -0.2) is 37.0 Å². The van der Waals surface area contributed by atoms with Gasteiger partial charge in [0.1, 0.15) is 23.6 Å². The average molecular weight is 413 g/mol. The summed E-state index contributed by atoms with van der Waals surface area (Å²) in [4.78, 5) is 21.1. The molecule has 0 saturated carbocycles. The van der Waals surface area contributed by atoms with Crippen molar-refractivity contribution in [3.8, 4) is 16.9 Å². The van der Waals surface area contributed by atoms with Crippen LogP contribution >= 0.6 is 0 Å². The van der Waals surface area contributed by atoms with Gasteiger partial charge in [0.25, 0.3) is 0 Å². The van der Waals surface area contributed by atoms with Gasteiger partial charge in [-0.15, -0.1) is 10.2 Å². The van der Waals surface area contributed by atoms with Crippen LogP contribution in [0.1, 0.15) is 47.2 Å². The largest absolute Gasteiger partial charge is 0.493 e. The minimum absolute atomic E-state index is 0.0629. The number of ketones is 1. The molecule has 0 saturated heterocycles. The predicted molar refractivity (Wildman–Crippen MR) is 116 cm³/mol. The highest BCUT2D eigenvalue weighted by molar-refractivity contribution is 5.94. The van der Waals surface area contributed by atoms with Crippen molar-refractivity contribution >= 4 is 11.4 Å². The van der Waals surface area contributed by atoms with Crippen molar-refractivity contribution in [3.05, 3.63) is 71.7 Å². The van der Waals surface area contributed by atoms with Crippen LogP contribution in [-0.2, 0) is 19.3 Å². The number of Topliss-reactive ketones (excluding diaryl/α,β-unsaturated/α-hetero) is 1. The first-order chi connectivity index (χ1) is 15.2. The molecule has 5 rings (SSSR count). The molecule has 1 aliphatic rings.